The van der Waals surface area contributed by atoms with Gasteiger partial charge < -0.3 is 36.1 Å². The lowest BCUT2D eigenvalue weighted by Crippen LogP contribution is -2.22. The van der Waals surface area contributed by atoms with E-state index in [1.54, 1.807) is 35.9 Å². The highest BCUT2D eigenvalue weighted by Crippen LogP contribution is 2.42. The fourth-order valence-corrected chi connectivity index (χ4v) is 6.91. The van der Waals surface area contributed by atoms with E-state index >= 15 is 0 Å². The van der Waals surface area contributed by atoms with Gasteiger partial charge in [0.25, 0.3) is 11.8 Å². The molecule has 9 rings (SSSR count). The normalized spacial score (nSPS) is 14.2. The molecule has 5 N–H and O–H groups in total. The van der Waals surface area contributed by atoms with Gasteiger partial charge in [0.1, 0.15) is 11.4 Å². The van der Waals surface area contributed by atoms with Crippen molar-refractivity contribution in [3.05, 3.63) is 76.5 Å². The average Bonchev–Trinajstić information content (AvgIpc) is 4.16. The number of amides is 3. The van der Waals surface area contributed by atoms with Gasteiger partial charge in [0.2, 0.25) is 5.91 Å². The number of hydrogen-bond donors (Lipinski definition) is 5. The van der Waals surface area contributed by atoms with Crippen molar-refractivity contribution in [1.82, 2.24) is 61.0 Å². The summed E-state index contributed by atoms with van der Waals surface area (Å²) in [5.41, 5.74) is 6.98. The molecule has 2 aromatic carbocycles. The minimum atomic E-state index is -0.409. The molecule has 63 heavy (non-hydrogen) atoms. The molecule has 0 unspecified atom stereocenters. The highest BCUT2D eigenvalue weighted by Gasteiger charge is 2.31. The van der Waals surface area contributed by atoms with E-state index in [4.69, 9.17) is 26.2 Å². The molecule has 6 aromatic rings. The molecule has 4 heterocycles. The number of methoxy groups -OCH3 is 2. The zero-order chi connectivity index (χ0) is 44.4. The molecule has 0 saturated heterocycles. The maximum Gasteiger partial charge on any atom is 0.273 e. The molecule has 326 valence electrons. The summed E-state index contributed by atoms with van der Waals surface area (Å²) in [6.45, 7) is 3.85. The second-order valence-electron chi connectivity index (χ2n) is 15.2. The van der Waals surface area contributed by atoms with E-state index in [1.165, 1.54) is 14.1 Å². The van der Waals surface area contributed by atoms with Gasteiger partial charge in [-0.25, -0.2) is 0 Å². The smallest absolute Gasteiger partial charge is 0.273 e. The number of hydrogen-bond acceptors (Lipinski definition) is 15. The lowest BCUT2D eigenvalue weighted by Gasteiger charge is -2.16. The first-order valence-corrected chi connectivity index (χ1v) is 20.8. The molecule has 3 aliphatic rings. The number of aryl methyl sites for hydroxylation is 2. The Balaban J connectivity index is 0.000000175. The molecule has 4 aromatic heterocycles. The minimum Gasteiger partial charge on any atom is -0.494 e. The number of rotatable bonds is 14. The van der Waals surface area contributed by atoms with Crippen molar-refractivity contribution in [3.8, 4) is 34.0 Å². The van der Waals surface area contributed by atoms with E-state index in [0.717, 1.165) is 72.4 Å². The third kappa shape index (κ3) is 9.35. The molecule has 3 saturated carbocycles. The Morgan fingerprint density at radius 3 is 1.56 bits per heavy atom. The van der Waals surface area contributed by atoms with E-state index in [2.05, 4.69) is 62.3 Å². The maximum absolute atomic E-state index is 12.4. The van der Waals surface area contributed by atoms with Crippen molar-refractivity contribution >= 4 is 57.9 Å². The van der Waals surface area contributed by atoms with Crippen LogP contribution in [0.15, 0.2) is 48.5 Å². The van der Waals surface area contributed by atoms with Gasteiger partial charge in [0, 0.05) is 43.3 Å². The third-order valence-electron chi connectivity index (χ3n) is 10.5. The highest BCUT2D eigenvalue weighted by atomic mass is 35.5. The van der Waals surface area contributed by atoms with Crippen LogP contribution in [0.5, 0.6) is 11.5 Å². The number of anilines is 5. The molecule has 0 aliphatic heterocycles. The molecule has 3 fully saturated rings. The summed E-state index contributed by atoms with van der Waals surface area (Å²) in [5.74, 6) is 0.530. The number of para-hydroxylation sites is 2. The van der Waals surface area contributed by atoms with Crippen molar-refractivity contribution in [2.75, 3.05) is 44.3 Å². The van der Waals surface area contributed by atoms with Gasteiger partial charge in [-0.2, -0.15) is 30.0 Å². The number of carbonyl (C=O) groups excluding carboxylic acids is 3. The minimum absolute atomic E-state index is 0.0147. The predicted octanol–water partition coefficient (Wildman–Crippen LogP) is 5.98. The van der Waals surface area contributed by atoms with Crippen molar-refractivity contribution in [3.63, 3.8) is 0 Å². The summed E-state index contributed by atoms with van der Waals surface area (Å²) >= 11 is 5.99. The summed E-state index contributed by atoms with van der Waals surface area (Å²) in [4.78, 5) is 40.3. The Labute approximate surface area is 366 Å². The van der Waals surface area contributed by atoms with Crippen molar-refractivity contribution in [1.29, 1.82) is 0 Å². The number of benzene rings is 2. The summed E-state index contributed by atoms with van der Waals surface area (Å²) in [7, 11) is 6.21. The Morgan fingerprint density at radius 2 is 1.11 bits per heavy atom. The van der Waals surface area contributed by atoms with Gasteiger partial charge in [-0.3, -0.25) is 14.4 Å². The molecule has 0 radical (unpaired) electrons. The molecule has 0 atom stereocenters. The lowest BCUT2D eigenvalue weighted by atomic mass is 10.1. The van der Waals surface area contributed by atoms with Crippen LogP contribution in [0.4, 0.5) is 28.6 Å². The lowest BCUT2D eigenvalue weighted by molar-refractivity contribution is -0.117. The Kier molecular flexibility index (Phi) is 12.1. The number of aromatic nitrogens is 10. The highest BCUT2D eigenvalue weighted by molar-refractivity contribution is 6.29. The van der Waals surface area contributed by atoms with Crippen molar-refractivity contribution < 1.29 is 23.9 Å². The van der Waals surface area contributed by atoms with E-state index in [0.29, 0.717) is 46.3 Å². The molecular weight excluding hydrogens is 830 g/mol. The standard InChI is InChI=1S/C23H26N8O3.C19H20ClN7O2/c1-12-19(30-31(29-12)14-9-10-14)15-5-4-6-16(21(15)34-3)25-17-11-18(26-22(32)13-7-8-13)27-28-20(17)23(33)24-2;1-10-16(26-27(25-10)11-7-8-11)12-5-4-6-13(18(12)29-3)22-14-9-15(20)23-24-17(14)19(28)21-2/h4-6,11,13-14H,7-10H2,1-3H3,(H,24,33)(H2,25,26,27,32);4-6,9,11H,7-8H2,1-3H3,(H,21,28)(H,22,23). The van der Waals surface area contributed by atoms with Crippen LogP contribution >= 0.6 is 11.6 Å². The van der Waals surface area contributed by atoms with Gasteiger partial charge in [-0.15, -0.1) is 20.4 Å². The van der Waals surface area contributed by atoms with Gasteiger partial charge in [-0.1, -0.05) is 23.7 Å². The van der Waals surface area contributed by atoms with E-state index in [9.17, 15) is 14.4 Å². The zero-order valence-corrected chi connectivity index (χ0v) is 36.2. The van der Waals surface area contributed by atoms with Gasteiger partial charge in [0.05, 0.1) is 60.4 Å². The molecule has 21 heteroatoms. The van der Waals surface area contributed by atoms with Crippen molar-refractivity contribution in [2.45, 2.75) is 64.5 Å². The molecule has 3 aliphatic carbocycles. The van der Waals surface area contributed by atoms with E-state index in [1.807, 2.05) is 50.2 Å². The van der Waals surface area contributed by atoms with Crippen LogP contribution in [0.1, 0.15) is 83.0 Å². The number of nitrogens with one attached hydrogen (secondary N) is 5. The van der Waals surface area contributed by atoms with Crippen LogP contribution in [0.25, 0.3) is 22.5 Å². The Morgan fingerprint density at radius 1 is 0.635 bits per heavy atom. The predicted molar refractivity (Wildman–Crippen MR) is 234 cm³/mol. The SMILES string of the molecule is CNC(=O)c1nnc(Cl)cc1Nc1cccc(-c2nn(C3CC3)nc2C)c1OC.CNC(=O)c1nnc(NC(=O)C2CC2)cc1Nc1cccc(-c2nn(C3CC3)nc2C)c1OC. The van der Waals surface area contributed by atoms with Crippen LogP contribution in [0.3, 0.4) is 0 Å². The van der Waals surface area contributed by atoms with Crippen LogP contribution in [0, 0.1) is 19.8 Å². The fourth-order valence-electron chi connectivity index (χ4n) is 6.76. The monoisotopic (exact) mass is 875 g/mol. The Bertz CT molecular complexity index is 2710. The Hall–Kier alpha value is -7.22. The largest absolute Gasteiger partial charge is 0.494 e. The maximum atomic E-state index is 12.4. The topological polar surface area (TPSA) is 243 Å². The van der Waals surface area contributed by atoms with Crippen LogP contribution in [-0.2, 0) is 4.79 Å². The van der Waals surface area contributed by atoms with E-state index in [-0.39, 0.29) is 40.1 Å². The summed E-state index contributed by atoms with van der Waals surface area (Å²) < 4.78 is 11.5. The molecular formula is C42H46ClN15O5. The zero-order valence-electron chi connectivity index (χ0n) is 35.5. The van der Waals surface area contributed by atoms with E-state index < -0.39 is 5.91 Å². The van der Waals surface area contributed by atoms with Gasteiger partial charge in [0.15, 0.2) is 33.9 Å². The second kappa shape index (κ2) is 18.0. The summed E-state index contributed by atoms with van der Waals surface area (Å²) in [6, 6.07) is 15.2. The van der Waals surface area contributed by atoms with Crippen LogP contribution in [0.2, 0.25) is 5.15 Å². The number of nitrogens with zero attached hydrogens (tertiary/aromatic N) is 10. The summed E-state index contributed by atoms with van der Waals surface area (Å²) in [6.07, 6.45) is 6.12. The summed E-state index contributed by atoms with van der Waals surface area (Å²) in [5, 5.41) is 48.7. The second-order valence-corrected chi connectivity index (χ2v) is 15.6. The quantitative estimate of drug-likeness (QED) is 0.0845. The number of halogens is 1. The molecule has 0 bridgehead atoms. The number of carbonyl (C=O) groups is 3. The first kappa shape index (κ1) is 42.5. The van der Waals surface area contributed by atoms with Gasteiger partial charge >= 0.3 is 0 Å². The van der Waals surface area contributed by atoms with Gasteiger partial charge in [-0.05, 0) is 76.6 Å². The van der Waals surface area contributed by atoms with Crippen LogP contribution in [-0.4, -0.2) is 96.4 Å². The van der Waals surface area contributed by atoms with Crippen LogP contribution < -0.4 is 36.1 Å². The third-order valence-corrected chi connectivity index (χ3v) is 10.7. The fraction of sp³-hybridized carbons (Fsp3) is 0.357. The average molecular weight is 876 g/mol. The molecule has 3 amide bonds. The molecule has 20 nitrogen and oxygen atoms in total. The molecule has 0 spiro atoms. The first-order valence-electron chi connectivity index (χ1n) is 20.4. The van der Waals surface area contributed by atoms with Crippen molar-refractivity contribution in [2.24, 2.45) is 5.92 Å². The first-order chi connectivity index (χ1) is 30.5. The number of ether oxygens (including phenoxy) is 2.